The Morgan fingerprint density at radius 2 is 1.48 bits per heavy atom. The van der Waals surface area contributed by atoms with Crippen molar-refractivity contribution in [2.24, 2.45) is 5.41 Å². The van der Waals surface area contributed by atoms with Crippen molar-refractivity contribution in [1.82, 2.24) is 10.2 Å². The molecule has 0 atom stereocenters. The maximum atomic E-state index is 10.6. The van der Waals surface area contributed by atoms with Crippen molar-refractivity contribution in [2.45, 2.75) is 76.7 Å². The summed E-state index contributed by atoms with van der Waals surface area (Å²) in [5, 5.41) is 14.3. The molecule has 124 valence electrons. The van der Waals surface area contributed by atoms with E-state index >= 15 is 0 Å². The van der Waals surface area contributed by atoms with E-state index in [-0.39, 0.29) is 0 Å². The number of likely N-dealkylation sites (N-methyl/N-ethyl adjacent to an activating group) is 1. The smallest absolute Gasteiger partial charge is 0.0774 e. The molecule has 0 spiro atoms. The maximum Gasteiger partial charge on any atom is 0.0774 e. The highest BCUT2D eigenvalue weighted by Crippen LogP contribution is 2.36. The van der Waals surface area contributed by atoms with Crippen LogP contribution < -0.4 is 5.32 Å². The Kier molecular flexibility index (Phi) is 6.51. The fourth-order valence-electron chi connectivity index (χ4n) is 4.58. The Labute approximate surface area is 131 Å². The van der Waals surface area contributed by atoms with Crippen LogP contribution in [0.4, 0.5) is 0 Å². The summed E-state index contributed by atoms with van der Waals surface area (Å²) in [6, 6.07) is 0. The van der Waals surface area contributed by atoms with E-state index in [1.807, 2.05) is 0 Å². The molecule has 2 rings (SSSR count). The average Bonchev–Trinajstić information content (AvgIpc) is 2.73. The Bertz CT molecular complexity index is 292. The molecule has 2 N–H and O–H groups in total. The third kappa shape index (κ3) is 5.22. The minimum absolute atomic E-state index is 0.404. The van der Waals surface area contributed by atoms with Crippen LogP contribution in [0.25, 0.3) is 0 Å². The Balaban J connectivity index is 1.92. The van der Waals surface area contributed by atoms with Crippen molar-refractivity contribution < 1.29 is 5.11 Å². The minimum atomic E-state index is -0.404. The lowest BCUT2D eigenvalue weighted by molar-refractivity contribution is 0.00341. The number of nitrogens with one attached hydrogen (secondary N) is 1. The molecule has 2 fully saturated rings. The van der Waals surface area contributed by atoms with E-state index in [9.17, 15) is 5.11 Å². The van der Waals surface area contributed by atoms with Crippen LogP contribution in [0.15, 0.2) is 0 Å². The van der Waals surface area contributed by atoms with Crippen LogP contribution in [-0.4, -0.2) is 48.8 Å². The van der Waals surface area contributed by atoms with Crippen molar-refractivity contribution >= 4 is 0 Å². The summed E-state index contributed by atoms with van der Waals surface area (Å²) in [5.74, 6) is 0. The molecule has 2 aliphatic carbocycles. The van der Waals surface area contributed by atoms with Crippen LogP contribution in [0.3, 0.4) is 0 Å². The van der Waals surface area contributed by atoms with Crippen LogP contribution in [0.2, 0.25) is 0 Å². The normalized spacial score (nSPS) is 25.1. The van der Waals surface area contributed by atoms with Crippen molar-refractivity contribution in [3.63, 3.8) is 0 Å². The first-order chi connectivity index (χ1) is 10.1. The zero-order valence-electron chi connectivity index (χ0n) is 14.3. The van der Waals surface area contributed by atoms with E-state index in [1.54, 1.807) is 0 Å². The van der Waals surface area contributed by atoms with Gasteiger partial charge in [-0.1, -0.05) is 45.4 Å². The minimum Gasteiger partial charge on any atom is -0.389 e. The van der Waals surface area contributed by atoms with E-state index in [1.165, 1.54) is 51.4 Å². The maximum absolute atomic E-state index is 10.6. The molecule has 0 amide bonds. The van der Waals surface area contributed by atoms with Crippen molar-refractivity contribution in [2.75, 3.05) is 33.2 Å². The molecule has 0 radical (unpaired) electrons. The lowest BCUT2D eigenvalue weighted by atomic mass is 9.79. The monoisotopic (exact) mass is 296 g/mol. The first kappa shape index (κ1) is 17.2. The lowest BCUT2D eigenvalue weighted by Crippen LogP contribution is -2.47. The second-order valence-electron chi connectivity index (χ2n) is 7.80. The quantitative estimate of drug-likeness (QED) is 0.708. The van der Waals surface area contributed by atoms with Gasteiger partial charge in [0.25, 0.3) is 0 Å². The third-order valence-electron chi connectivity index (χ3n) is 5.62. The summed E-state index contributed by atoms with van der Waals surface area (Å²) in [5.41, 5.74) is 0.0229. The van der Waals surface area contributed by atoms with Crippen molar-refractivity contribution in [1.29, 1.82) is 0 Å². The van der Waals surface area contributed by atoms with Gasteiger partial charge in [0.2, 0.25) is 0 Å². The molecule has 2 saturated carbocycles. The number of hydrogen-bond donors (Lipinski definition) is 2. The molecular weight excluding hydrogens is 260 g/mol. The molecule has 0 unspecified atom stereocenters. The van der Waals surface area contributed by atoms with Gasteiger partial charge < -0.3 is 15.3 Å². The first-order valence-electron chi connectivity index (χ1n) is 9.19. The van der Waals surface area contributed by atoms with Crippen LogP contribution in [-0.2, 0) is 0 Å². The van der Waals surface area contributed by atoms with Gasteiger partial charge in [-0.05, 0) is 44.7 Å². The molecule has 0 aromatic rings. The molecular formula is C18H36N2O. The van der Waals surface area contributed by atoms with Gasteiger partial charge >= 0.3 is 0 Å². The molecule has 3 heteroatoms. The van der Waals surface area contributed by atoms with Crippen LogP contribution >= 0.6 is 0 Å². The lowest BCUT2D eigenvalue weighted by Gasteiger charge is -2.39. The fraction of sp³-hybridized carbons (Fsp3) is 1.00. The molecule has 3 nitrogen and oxygen atoms in total. The molecule has 21 heavy (non-hydrogen) atoms. The van der Waals surface area contributed by atoms with Gasteiger partial charge in [0.05, 0.1) is 5.60 Å². The summed E-state index contributed by atoms with van der Waals surface area (Å²) in [4.78, 5) is 2.42. The first-order valence-corrected chi connectivity index (χ1v) is 9.19. The van der Waals surface area contributed by atoms with Gasteiger partial charge in [0.15, 0.2) is 0 Å². The van der Waals surface area contributed by atoms with Gasteiger partial charge in [0, 0.05) is 19.6 Å². The Hall–Kier alpha value is -0.120. The predicted molar refractivity (Wildman–Crippen MR) is 89.6 cm³/mol. The molecule has 0 aliphatic heterocycles. The topological polar surface area (TPSA) is 35.5 Å². The van der Waals surface area contributed by atoms with Crippen LogP contribution in [0.5, 0.6) is 0 Å². The van der Waals surface area contributed by atoms with Gasteiger partial charge in [-0.15, -0.1) is 0 Å². The molecule has 0 aromatic heterocycles. The van der Waals surface area contributed by atoms with Gasteiger partial charge in [-0.3, -0.25) is 0 Å². The Morgan fingerprint density at radius 3 is 2.05 bits per heavy atom. The Morgan fingerprint density at radius 1 is 0.905 bits per heavy atom. The van der Waals surface area contributed by atoms with E-state index in [4.69, 9.17) is 0 Å². The zero-order valence-corrected chi connectivity index (χ0v) is 14.3. The number of hydrogen-bond acceptors (Lipinski definition) is 3. The molecule has 0 heterocycles. The highest BCUT2D eigenvalue weighted by atomic mass is 16.3. The van der Waals surface area contributed by atoms with E-state index in [0.29, 0.717) is 5.41 Å². The van der Waals surface area contributed by atoms with Crippen LogP contribution in [0, 0.1) is 5.41 Å². The highest BCUT2D eigenvalue weighted by molar-refractivity contribution is 4.91. The second-order valence-corrected chi connectivity index (χ2v) is 7.80. The number of rotatable bonds is 7. The molecule has 0 saturated heterocycles. The number of aliphatic hydroxyl groups is 1. The van der Waals surface area contributed by atoms with E-state index in [2.05, 4.69) is 24.2 Å². The number of nitrogens with zero attached hydrogens (tertiary/aromatic N) is 1. The average molecular weight is 296 g/mol. The zero-order chi connectivity index (χ0) is 15.2. The summed E-state index contributed by atoms with van der Waals surface area (Å²) < 4.78 is 0. The van der Waals surface area contributed by atoms with Crippen LogP contribution in [0.1, 0.15) is 71.1 Å². The molecule has 2 aliphatic rings. The standard InChI is InChI=1S/C18H36N2O/c1-3-19-14-17(10-6-4-5-7-11-17)15-20(2)16-18(21)12-8-9-13-18/h19,21H,3-16H2,1-2H3. The fourth-order valence-corrected chi connectivity index (χ4v) is 4.58. The summed E-state index contributed by atoms with van der Waals surface area (Å²) in [6.45, 7) is 6.42. The van der Waals surface area contributed by atoms with Crippen molar-refractivity contribution in [3.05, 3.63) is 0 Å². The largest absolute Gasteiger partial charge is 0.389 e. The predicted octanol–water partition coefficient (Wildman–Crippen LogP) is 3.17. The molecule has 0 bridgehead atoms. The van der Waals surface area contributed by atoms with Crippen molar-refractivity contribution in [3.8, 4) is 0 Å². The summed E-state index contributed by atoms with van der Waals surface area (Å²) in [6.07, 6.45) is 12.7. The summed E-state index contributed by atoms with van der Waals surface area (Å²) in [7, 11) is 2.22. The SMILES string of the molecule is CCNCC1(CN(C)CC2(O)CCCC2)CCCCCC1. The van der Waals surface area contributed by atoms with Gasteiger partial charge in [0.1, 0.15) is 0 Å². The van der Waals surface area contributed by atoms with Gasteiger partial charge in [-0.2, -0.15) is 0 Å². The van der Waals surface area contributed by atoms with E-state index in [0.717, 1.165) is 39.0 Å². The van der Waals surface area contributed by atoms with E-state index < -0.39 is 5.60 Å². The van der Waals surface area contributed by atoms with Gasteiger partial charge in [-0.25, -0.2) is 0 Å². The second kappa shape index (κ2) is 7.94. The molecule has 0 aromatic carbocycles. The highest BCUT2D eigenvalue weighted by Gasteiger charge is 2.36. The third-order valence-corrected chi connectivity index (χ3v) is 5.62. The summed E-state index contributed by atoms with van der Waals surface area (Å²) >= 11 is 0.